The molecule has 1 aromatic carbocycles. The standard InChI is InChI=1S/C20H29N5O3.CH2O2/c26-19(13-23-8-5-18(6-9-23)24-15-21-22-16-24)14-27-20-4-1-3-17(11-20)12-25-7-2-10-28-25;2-1-3/h1,3-4,11,15-16,18-19,26H,2,5-10,12-14H2;1H,(H,2,3). The summed E-state index contributed by atoms with van der Waals surface area (Å²) in [5.74, 6) is 0.794. The van der Waals surface area contributed by atoms with Crippen LogP contribution in [-0.4, -0.2) is 86.9 Å². The van der Waals surface area contributed by atoms with Crippen molar-refractivity contribution in [3.05, 3.63) is 42.5 Å². The zero-order valence-electron chi connectivity index (χ0n) is 17.6. The molecule has 0 spiro atoms. The maximum atomic E-state index is 10.4. The number of hydrogen-bond acceptors (Lipinski definition) is 8. The highest BCUT2D eigenvalue weighted by Gasteiger charge is 2.22. The molecule has 0 aliphatic carbocycles. The van der Waals surface area contributed by atoms with E-state index in [2.05, 4.69) is 25.7 Å². The second-order valence-electron chi connectivity index (χ2n) is 7.71. The molecule has 10 nitrogen and oxygen atoms in total. The summed E-state index contributed by atoms with van der Waals surface area (Å²) in [5, 5.41) is 27.0. The van der Waals surface area contributed by atoms with Gasteiger partial charge in [-0.25, -0.2) is 0 Å². The zero-order chi connectivity index (χ0) is 21.9. The number of nitrogens with zero attached hydrogens (tertiary/aromatic N) is 5. The molecule has 2 N–H and O–H groups in total. The first kappa shape index (κ1) is 23.1. The molecule has 10 heteroatoms. The van der Waals surface area contributed by atoms with Gasteiger partial charge in [0.15, 0.2) is 0 Å². The van der Waals surface area contributed by atoms with E-state index in [9.17, 15) is 5.11 Å². The minimum atomic E-state index is -0.503. The topological polar surface area (TPSA) is 113 Å². The molecule has 0 radical (unpaired) electrons. The Kier molecular flexibility index (Phi) is 9.22. The summed E-state index contributed by atoms with van der Waals surface area (Å²) in [4.78, 5) is 16.2. The fraction of sp³-hybridized carbons (Fsp3) is 0.571. The van der Waals surface area contributed by atoms with E-state index in [1.165, 1.54) is 0 Å². The molecule has 31 heavy (non-hydrogen) atoms. The monoisotopic (exact) mass is 433 g/mol. The van der Waals surface area contributed by atoms with Crippen molar-refractivity contribution in [3.8, 4) is 5.75 Å². The SMILES string of the molecule is O=CO.OC(COc1cccc(CN2CCCO2)c1)CN1CCC(n2cnnc2)CC1. The molecule has 2 aromatic rings. The number of hydrogen-bond donors (Lipinski definition) is 2. The van der Waals surface area contributed by atoms with Crippen molar-refractivity contribution >= 4 is 6.47 Å². The van der Waals surface area contributed by atoms with Gasteiger partial charge in [0, 0.05) is 38.8 Å². The van der Waals surface area contributed by atoms with Gasteiger partial charge in [-0.2, -0.15) is 5.06 Å². The highest BCUT2D eigenvalue weighted by atomic mass is 16.7. The van der Waals surface area contributed by atoms with E-state index < -0.39 is 6.10 Å². The Hall–Kier alpha value is -2.53. The summed E-state index contributed by atoms with van der Waals surface area (Å²) < 4.78 is 7.92. The largest absolute Gasteiger partial charge is 0.491 e. The van der Waals surface area contributed by atoms with E-state index in [0.29, 0.717) is 19.2 Å². The summed E-state index contributed by atoms with van der Waals surface area (Å²) >= 11 is 0. The Labute approximate surface area is 182 Å². The van der Waals surface area contributed by atoms with Crippen LogP contribution in [0.25, 0.3) is 0 Å². The fourth-order valence-electron chi connectivity index (χ4n) is 3.90. The summed E-state index contributed by atoms with van der Waals surface area (Å²) in [7, 11) is 0. The Morgan fingerprint density at radius 3 is 2.65 bits per heavy atom. The van der Waals surface area contributed by atoms with E-state index >= 15 is 0 Å². The number of aliphatic hydroxyl groups excluding tert-OH is 1. The number of benzene rings is 1. The highest BCUT2D eigenvalue weighted by Crippen LogP contribution is 2.22. The average molecular weight is 434 g/mol. The number of carboxylic acid groups (broad SMARTS) is 1. The van der Waals surface area contributed by atoms with Gasteiger partial charge in [-0.15, -0.1) is 10.2 Å². The lowest BCUT2D eigenvalue weighted by Gasteiger charge is -2.33. The van der Waals surface area contributed by atoms with Crippen LogP contribution >= 0.6 is 0 Å². The number of hydroxylamine groups is 2. The highest BCUT2D eigenvalue weighted by molar-refractivity contribution is 5.32. The van der Waals surface area contributed by atoms with Crippen LogP contribution in [0.2, 0.25) is 0 Å². The number of aromatic nitrogens is 3. The fourth-order valence-corrected chi connectivity index (χ4v) is 3.90. The molecule has 0 amide bonds. The molecule has 2 saturated heterocycles. The minimum absolute atomic E-state index is 0.250. The van der Waals surface area contributed by atoms with Crippen LogP contribution < -0.4 is 4.74 Å². The second kappa shape index (κ2) is 12.4. The van der Waals surface area contributed by atoms with Crippen LogP contribution in [0, 0.1) is 0 Å². The molecule has 0 bridgehead atoms. The van der Waals surface area contributed by atoms with E-state index in [1.54, 1.807) is 12.7 Å². The lowest BCUT2D eigenvalue weighted by Crippen LogP contribution is -2.41. The van der Waals surface area contributed by atoms with Gasteiger partial charge in [-0.3, -0.25) is 9.63 Å². The number of likely N-dealkylation sites (tertiary alicyclic amines) is 1. The first-order valence-electron chi connectivity index (χ1n) is 10.6. The van der Waals surface area contributed by atoms with E-state index in [4.69, 9.17) is 19.5 Å². The van der Waals surface area contributed by atoms with Crippen LogP contribution in [0.1, 0.15) is 30.9 Å². The van der Waals surface area contributed by atoms with Gasteiger partial charge in [-0.1, -0.05) is 12.1 Å². The third kappa shape index (κ3) is 7.59. The number of piperidine rings is 1. The zero-order valence-corrected chi connectivity index (χ0v) is 17.6. The van der Waals surface area contributed by atoms with Gasteiger partial charge in [0.25, 0.3) is 6.47 Å². The van der Waals surface area contributed by atoms with Crippen molar-refractivity contribution in [3.63, 3.8) is 0 Å². The van der Waals surface area contributed by atoms with Gasteiger partial charge in [0.2, 0.25) is 0 Å². The van der Waals surface area contributed by atoms with Crippen LogP contribution in [-0.2, 0) is 16.2 Å². The quantitative estimate of drug-likeness (QED) is 0.593. The molecule has 2 aliphatic rings. The number of carbonyl (C=O) groups is 1. The van der Waals surface area contributed by atoms with E-state index in [1.807, 2.05) is 23.3 Å². The smallest absolute Gasteiger partial charge is 0.290 e. The van der Waals surface area contributed by atoms with Gasteiger partial charge in [0.05, 0.1) is 6.61 Å². The lowest BCUT2D eigenvalue weighted by molar-refractivity contribution is -0.122. The van der Waals surface area contributed by atoms with Crippen molar-refractivity contribution < 1.29 is 24.6 Å². The third-order valence-electron chi connectivity index (χ3n) is 5.41. The van der Waals surface area contributed by atoms with Gasteiger partial charge in [-0.05, 0) is 37.0 Å². The Morgan fingerprint density at radius 2 is 1.97 bits per heavy atom. The van der Waals surface area contributed by atoms with Gasteiger partial charge >= 0.3 is 0 Å². The maximum absolute atomic E-state index is 10.4. The van der Waals surface area contributed by atoms with Gasteiger partial charge < -0.3 is 24.4 Å². The molecule has 3 heterocycles. The average Bonchev–Trinajstić information content (AvgIpc) is 3.48. The Balaban J connectivity index is 0.000000858. The van der Waals surface area contributed by atoms with Crippen molar-refractivity contribution in [1.29, 1.82) is 0 Å². The normalized spacial score (nSPS) is 18.9. The minimum Gasteiger partial charge on any atom is -0.491 e. The second-order valence-corrected chi connectivity index (χ2v) is 7.71. The maximum Gasteiger partial charge on any atom is 0.290 e. The van der Waals surface area contributed by atoms with Crippen molar-refractivity contribution in [2.45, 2.75) is 38.0 Å². The first-order valence-corrected chi connectivity index (χ1v) is 10.6. The molecular weight excluding hydrogens is 402 g/mol. The number of ether oxygens (including phenoxy) is 1. The molecule has 2 aliphatic heterocycles. The predicted molar refractivity (Wildman–Crippen MR) is 112 cm³/mol. The summed E-state index contributed by atoms with van der Waals surface area (Å²) in [6, 6.07) is 8.49. The van der Waals surface area contributed by atoms with E-state index in [-0.39, 0.29) is 6.47 Å². The summed E-state index contributed by atoms with van der Waals surface area (Å²) in [5.41, 5.74) is 1.16. The Bertz CT molecular complexity index is 761. The molecular formula is C21H31N5O5. The predicted octanol–water partition coefficient (Wildman–Crippen LogP) is 1.19. The Morgan fingerprint density at radius 1 is 1.23 bits per heavy atom. The van der Waals surface area contributed by atoms with Crippen LogP contribution in [0.15, 0.2) is 36.9 Å². The van der Waals surface area contributed by atoms with E-state index in [0.717, 1.165) is 63.4 Å². The number of β-amino-alcohol motifs (C(OH)–C–C–N with tert-alkyl or cyclic N) is 1. The van der Waals surface area contributed by atoms with Crippen molar-refractivity contribution in [2.75, 3.05) is 39.4 Å². The number of rotatable bonds is 8. The molecule has 2 fully saturated rings. The molecule has 1 aromatic heterocycles. The molecule has 4 rings (SSSR count). The number of aliphatic hydroxyl groups is 1. The molecule has 1 unspecified atom stereocenters. The summed E-state index contributed by atoms with van der Waals surface area (Å²) in [6.45, 7) is 5.15. The van der Waals surface area contributed by atoms with Crippen LogP contribution in [0.4, 0.5) is 0 Å². The van der Waals surface area contributed by atoms with Gasteiger partial charge in [0.1, 0.15) is 31.1 Å². The van der Waals surface area contributed by atoms with Crippen molar-refractivity contribution in [2.24, 2.45) is 0 Å². The first-order chi connectivity index (χ1) is 15.2. The third-order valence-corrected chi connectivity index (χ3v) is 5.41. The summed E-state index contributed by atoms with van der Waals surface area (Å²) in [6.07, 6.45) is 6.24. The molecule has 170 valence electrons. The van der Waals surface area contributed by atoms with Crippen molar-refractivity contribution in [1.82, 2.24) is 24.7 Å². The van der Waals surface area contributed by atoms with Crippen LogP contribution in [0.3, 0.4) is 0 Å². The lowest BCUT2D eigenvalue weighted by atomic mass is 10.0. The van der Waals surface area contributed by atoms with Crippen LogP contribution in [0.5, 0.6) is 5.75 Å². The molecule has 0 saturated carbocycles. The molecule has 1 atom stereocenters.